The van der Waals surface area contributed by atoms with Gasteiger partial charge in [0.1, 0.15) is 11.6 Å². The molecule has 0 aliphatic carbocycles. The van der Waals surface area contributed by atoms with Gasteiger partial charge in [-0.15, -0.1) is 0 Å². The third-order valence-electron chi connectivity index (χ3n) is 2.85. The number of nitrogens with zero attached hydrogens (tertiary/aromatic N) is 1. The average molecular weight is 352 g/mol. The first kappa shape index (κ1) is 15.4. The highest BCUT2D eigenvalue weighted by Crippen LogP contribution is 2.20. The van der Waals surface area contributed by atoms with E-state index >= 15 is 0 Å². The Labute approximate surface area is 130 Å². The number of benzene rings is 1. The number of hydrogen-bond acceptors (Lipinski definition) is 3. The fraction of sp³-hybridized carbons (Fsp3) is 0.200. The number of hydrogen-bond donors (Lipinski definition) is 2. The van der Waals surface area contributed by atoms with Crippen molar-refractivity contribution >= 4 is 33.3 Å². The number of carbonyl (C=O) groups is 1. The maximum absolute atomic E-state index is 13.7. The van der Waals surface area contributed by atoms with Crippen molar-refractivity contribution in [3.8, 4) is 0 Å². The third-order valence-corrected chi connectivity index (χ3v) is 3.34. The van der Waals surface area contributed by atoms with Crippen molar-refractivity contribution in [3.05, 3.63) is 51.9 Å². The van der Waals surface area contributed by atoms with Gasteiger partial charge in [0, 0.05) is 15.7 Å². The Morgan fingerprint density at radius 2 is 2.14 bits per heavy atom. The molecule has 0 saturated heterocycles. The summed E-state index contributed by atoms with van der Waals surface area (Å²) in [6.07, 6.45) is 1.64. The van der Waals surface area contributed by atoms with Gasteiger partial charge in [-0.05, 0) is 36.8 Å². The lowest BCUT2D eigenvalue weighted by Crippen LogP contribution is -2.14. The molecule has 6 heteroatoms. The van der Waals surface area contributed by atoms with E-state index in [-0.39, 0.29) is 11.5 Å². The van der Waals surface area contributed by atoms with Crippen LogP contribution >= 0.6 is 15.9 Å². The number of pyridine rings is 1. The maximum atomic E-state index is 13.7. The number of carbonyl (C=O) groups excluding carboxylic acids is 1. The molecule has 0 fully saturated rings. The van der Waals surface area contributed by atoms with Gasteiger partial charge >= 0.3 is 0 Å². The zero-order valence-corrected chi connectivity index (χ0v) is 13.1. The van der Waals surface area contributed by atoms with Crippen LogP contribution in [0, 0.1) is 5.82 Å². The number of halogens is 2. The number of rotatable bonds is 4. The summed E-state index contributed by atoms with van der Waals surface area (Å²) >= 11 is 3.17. The van der Waals surface area contributed by atoms with Crippen molar-refractivity contribution in [3.63, 3.8) is 0 Å². The molecule has 0 unspecified atom stereocenters. The van der Waals surface area contributed by atoms with E-state index in [1.54, 1.807) is 12.1 Å². The minimum atomic E-state index is -0.506. The fourth-order valence-electron chi connectivity index (χ4n) is 1.91. The molecule has 0 radical (unpaired) electrons. The molecule has 0 atom stereocenters. The van der Waals surface area contributed by atoms with Gasteiger partial charge < -0.3 is 11.1 Å². The third kappa shape index (κ3) is 4.01. The van der Waals surface area contributed by atoms with Crippen LogP contribution in [0.25, 0.3) is 0 Å². The fourth-order valence-corrected chi connectivity index (χ4v) is 2.24. The van der Waals surface area contributed by atoms with E-state index < -0.39 is 11.7 Å². The number of nitrogens with two attached hydrogens (primary N) is 1. The lowest BCUT2D eigenvalue weighted by molar-refractivity contribution is 0.102. The topological polar surface area (TPSA) is 68.0 Å². The molecule has 1 aromatic carbocycles. The van der Waals surface area contributed by atoms with Crippen molar-refractivity contribution < 1.29 is 9.18 Å². The van der Waals surface area contributed by atoms with E-state index in [0.29, 0.717) is 10.0 Å². The first-order valence-electron chi connectivity index (χ1n) is 6.52. The van der Waals surface area contributed by atoms with Crippen LogP contribution in [-0.2, 0) is 6.42 Å². The van der Waals surface area contributed by atoms with Crippen LogP contribution in [0.15, 0.2) is 34.8 Å². The summed E-state index contributed by atoms with van der Waals surface area (Å²) in [5, 5.41) is 2.53. The average Bonchev–Trinajstić information content (AvgIpc) is 2.41. The molecule has 3 N–H and O–H groups in total. The van der Waals surface area contributed by atoms with Crippen molar-refractivity contribution in [1.29, 1.82) is 0 Å². The minimum absolute atomic E-state index is 0.121. The molecule has 0 bridgehead atoms. The van der Waals surface area contributed by atoms with Crippen molar-refractivity contribution in [2.45, 2.75) is 19.8 Å². The molecule has 110 valence electrons. The highest BCUT2D eigenvalue weighted by molar-refractivity contribution is 9.10. The Hall–Kier alpha value is -1.95. The SMILES string of the molecule is CCCc1cc(C(=O)Nc2ccc(Br)cc2F)cc(N)n1. The molecule has 1 heterocycles. The predicted molar refractivity (Wildman–Crippen MR) is 84.7 cm³/mol. The second kappa shape index (κ2) is 6.67. The van der Waals surface area contributed by atoms with E-state index in [1.165, 1.54) is 18.2 Å². The Balaban J connectivity index is 2.23. The summed E-state index contributed by atoms with van der Waals surface area (Å²) in [5.41, 5.74) is 6.94. The van der Waals surface area contributed by atoms with Crippen LogP contribution in [0.3, 0.4) is 0 Å². The van der Waals surface area contributed by atoms with E-state index in [9.17, 15) is 9.18 Å². The number of anilines is 2. The molecule has 1 amide bonds. The summed E-state index contributed by atoms with van der Waals surface area (Å²) in [6, 6.07) is 7.59. The summed E-state index contributed by atoms with van der Waals surface area (Å²) in [4.78, 5) is 16.3. The van der Waals surface area contributed by atoms with E-state index in [0.717, 1.165) is 18.5 Å². The number of aromatic nitrogens is 1. The monoisotopic (exact) mass is 351 g/mol. The van der Waals surface area contributed by atoms with Gasteiger partial charge in [0.05, 0.1) is 5.69 Å². The van der Waals surface area contributed by atoms with E-state index in [2.05, 4.69) is 26.2 Å². The lowest BCUT2D eigenvalue weighted by Gasteiger charge is -2.08. The Bertz CT molecular complexity index is 676. The van der Waals surface area contributed by atoms with Gasteiger partial charge in [0.2, 0.25) is 0 Å². The summed E-state index contributed by atoms with van der Waals surface area (Å²) in [7, 11) is 0. The second-order valence-corrected chi connectivity index (χ2v) is 5.52. The molecule has 21 heavy (non-hydrogen) atoms. The van der Waals surface area contributed by atoms with Crippen molar-refractivity contribution in [1.82, 2.24) is 4.98 Å². The molecule has 2 rings (SSSR count). The Morgan fingerprint density at radius 1 is 1.38 bits per heavy atom. The normalized spacial score (nSPS) is 10.4. The summed E-state index contributed by atoms with van der Waals surface area (Å²) < 4.78 is 14.3. The van der Waals surface area contributed by atoms with Gasteiger partial charge in [-0.25, -0.2) is 9.37 Å². The van der Waals surface area contributed by atoms with Crippen molar-refractivity contribution in [2.24, 2.45) is 0 Å². The zero-order valence-electron chi connectivity index (χ0n) is 11.5. The summed E-state index contributed by atoms with van der Waals surface area (Å²) in [5.74, 6) is -0.640. The number of nitrogens with one attached hydrogen (secondary N) is 1. The molecule has 2 aromatic rings. The molecule has 4 nitrogen and oxygen atoms in total. The largest absolute Gasteiger partial charge is 0.384 e. The first-order valence-corrected chi connectivity index (χ1v) is 7.31. The van der Waals surface area contributed by atoms with Crippen LogP contribution < -0.4 is 11.1 Å². The Kier molecular flexibility index (Phi) is 4.90. The maximum Gasteiger partial charge on any atom is 0.255 e. The Morgan fingerprint density at radius 3 is 2.81 bits per heavy atom. The minimum Gasteiger partial charge on any atom is -0.384 e. The molecule has 0 saturated carbocycles. The van der Waals surface area contributed by atoms with Crippen LogP contribution in [0.2, 0.25) is 0 Å². The quantitative estimate of drug-likeness (QED) is 0.880. The standard InChI is InChI=1S/C15H15BrFN3O/c1-2-3-11-6-9(7-14(18)19-11)15(21)20-13-5-4-10(16)8-12(13)17/h4-8H,2-3H2,1H3,(H2,18,19)(H,20,21). The van der Waals surface area contributed by atoms with Crippen LogP contribution in [0.4, 0.5) is 15.9 Å². The van der Waals surface area contributed by atoms with E-state index in [4.69, 9.17) is 5.73 Å². The van der Waals surface area contributed by atoms with Gasteiger partial charge in [-0.2, -0.15) is 0 Å². The lowest BCUT2D eigenvalue weighted by atomic mass is 10.1. The van der Waals surface area contributed by atoms with Crippen molar-refractivity contribution in [2.75, 3.05) is 11.1 Å². The second-order valence-electron chi connectivity index (χ2n) is 4.60. The van der Waals surface area contributed by atoms with Crippen LogP contribution in [-0.4, -0.2) is 10.9 Å². The van der Waals surface area contributed by atoms with Gasteiger partial charge in [-0.1, -0.05) is 29.3 Å². The zero-order chi connectivity index (χ0) is 15.4. The predicted octanol–water partition coefficient (Wildman–Crippen LogP) is 3.77. The van der Waals surface area contributed by atoms with Gasteiger partial charge in [0.15, 0.2) is 0 Å². The number of aryl methyl sites for hydroxylation is 1. The highest BCUT2D eigenvalue weighted by atomic mass is 79.9. The molecular formula is C15H15BrFN3O. The number of amides is 1. The number of nitrogen functional groups attached to an aromatic ring is 1. The molecule has 0 aliphatic heterocycles. The first-order chi connectivity index (χ1) is 9.99. The van der Waals surface area contributed by atoms with Gasteiger partial charge in [0.25, 0.3) is 5.91 Å². The van der Waals surface area contributed by atoms with E-state index in [1.807, 2.05) is 6.92 Å². The smallest absolute Gasteiger partial charge is 0.255 e. The summed E-state index contributed by atoms with van der Waals surface area (Å²) in [6.45, 7) is 2.02. The van der Waals surface area contributed by atoms with Gasteiger partial charge in [-0.3, -0.25) is 4.79 Å². The highest BCUT2D eigenvalue weighted by Gasteiger charge is 2.11. The molecule has 1 aromatic heterocycles. The molecular weight excluding hydrogens is 337 g/mol. The van der Waals surface area contributed by atoms with Crippen LogP contribution in [0.5, 0.6) is 0 Å². The molecule has 0 spiro atoms. The molecule has 0 aliphatic rings. The van der Waals surface area contributed by atoms with Crippen LogP contribution in [0.1, 0.15) is 29.4 Å².